The van der Waals surface area contributed by atoms with E-state index in [-0.39, 0.29) is 6.10 Å². The molecule has 2 aliphatic heterocycles. The Bertz CT molecular complexity index is 283. The highest BCUT2D eigenvalue weighted by Gasteiger charge is 2.28. The molecule has 0 aromatic heterocycles. The van der Waals surface area contributed by atoms with Crippen LogP contribution < -0.4 is 5.32 Å². The van der Waals surface area contributed by atoms with E-state index < -0.39 is 0 Å². The maximum Gasteiger partial charge on any atom is 0.224 e. The van der Waals surface area contributed by atoms with E-state index in [1.54, 1.807) is 7.11 Å². The van der Waals surface area contributed by atoms with E-state index in [4.69, 9.17) is 4.74 Å². The Kier molecular flexibility index (Phi) is 5.01. The molecule has 0 spiro atoms. The van der Waals surface area contributed by atoms with Gasteiger partial charge in [0.25, 0.3) is 0 Å². The lowest BCUT2D eigenvalue weighted by atomic mass is 9.90. The van der Waals surface area contributed by atoms with Gasteiger partial charge in [0, 0.05) is 32.7 Å². The Labute approximate surface area is 110 Å². The van der Waals surface area contributed by atoms with Crippen LogP contribution in [0.15, 0.2) is 0 Å². The number of ether oxygens (including phenoxy) is 1. The maximum absolute atomic E-state index is 12.3. The van der Waals surface area contributed by atoms with Crippen molar-refractivity contribution in [3.63, 3.8) is 0 Å². The molecule has 2 aliphatic rings. The van der Waals surface area contributed by atoms with Gasteiger partial charge < -0.3 is 15.0 Å². The summed E-state index contributed by atoms with van der Waals surface area (Å²) >= 11 is 0. The highest BCUT2D eigenvalue weighted by molar-refractivity contribution is 5.77. The van der Waals surface area contributed by atoms with Gasteiger partial charge in [-0.05, 0) is 38.1 Å². The molecule has 104 valence electrons. The van der Waals surface area contributed by atoms with Gasteiger partial charge in [-0.3, -0.25) is 4.79 Å². The zero-order valence-corrected chi connectivity index (χ0v) is 11.7. The van der Waals surface area contributed by atoms with Crippen molar-refractivity contribution in [2.45, 2.75) is 51.2 Å². The van der Waals surface area contributed by atoms with Crippen LogP contribution >= 0.6 is 0 Å². The number of hydrogen-bond donors (Lipinski definition) is 1. The van der Waals surface area contributed by atoms with Gasteiger partial charge in [-0.15, -0.1) is 0 Å². The van der Waals surface area contributed by atoms with Gasteiger partial charge in [0.1, 0.15) is 0 Å². The number of hydrogen-bond acceptors (Lipinski definition) is 3. The van der Waals surface area contributed by atoms with Crippen molar-refractivity contribution in [2.24, 2.45) is 5.92 Å². The summed E-state index contributed by atoms with van der Waals surface area (Å²) < 4.78 is 5.37. The van der Waals surface area contributed by atoms with E-state index >= 15 is 0 Å². The summed E-state index contributed by atoms with van der Waals surface area (Å²) in [5, 5.41) is 3.49. The van der Waals surface area contributed by atoms with Crippen molar-refractivity contribution in [2.75, 3.05) is 26.7 Å². The van der Waals surface area contributed by atoms with Crippen LogP contribution in [0.5, 0.6) is 0 Å². The number of piperidine rings is 2. The number of nitrogens with one attached hydrogen (secondary N) is 1. The zero-order chi connectivity index (χ0) is 13.0. The quantitative estimate of drug-likeness (QED) is 0.828. The van der Waals surface area contributed by atoms with Crippen LogP contribution in [0.3, 0.4) is 0 Å². The lowest BCUT2D eigenvalue weighted by Crippen LogP contribution is -2.47. The second kappa shape index (κ2) is 6.53. The molecule has 0 aliphatic carbocycles. The minimum atomic E-state index is 0.236. The summed E-state index contributed by atoms with van der Waals surface area (Å²) in [6, 6.07) is 0.370. The predicted molar refractivity (Wildman–Crippen MR) is 71.4 cm³/mol. The Morgan fingerprint density at radius 2 is 2.22 bits per heavy atom. The van der Waals surface area contributed by atoms with Crippen molar-refractivity contribution in [1.82, 2.24) is 10.2 Å². The smallest absolute Gasteiger partial charge is 0.224 e. The fourth-order valence-electron chi connectivity index (χ4n) is 3.06. The molecule has 2 heterocycles. The third-order valence-corrected chi connectivity index (χ3v) is 4.39. The second-order valence-electron chi connectivity index (χ2n) is 5.72. The number of methoxy groups -OCH3 is 1. The van der Waals surface area contributed by atoms with Gasteiger partial charge in [0.05, 0.1) is 6.10 Å². The molecule has 0 aromatic carbocycles. The van der Waals surface area contributed by atoms with Crippen molar-refractivity contribution in [3.8, 4) is 0 Å². The van der Waals surface area contributed by atoms with E-state index in [1.807, 2.05) is 4.90 Å². The van der Waals surface area contributed by atoms with Crippen LogP contribution in [0, 0.1) is 5.92 Å². The number of rotatable bonds is 3. The van der Waals surface area contributed by atoms with Crippen molar-refractivity contribution in [3.05, 3.63) is 0 Å². The van der Waals surface area contributed by atoms with E-state index in [0.717, 1.165) is 32.5 Å². The van der Waals surface area contributed by atoms with E-state index in [0.29, 0.717) is 24.3 Å². The number of likely N-dealkylation sites (tertiary alicyclic amines) is 1. The normalized spacial score (nSPS) is 33.4. The first-order valence-electron chi connectivity index (χ1n) is 7.24. The molecule has 0 bridgehead atoms. The van der Waals surface area contributed by atoms with Gasteiger partial charge >= 0.3 is 0 Å². The standard InChI is InChI=1S/C14H26N2O2/c1-11-5-3-7-15-13(11)9-14(17)16-8-4-6-12(10-16)18-2/h11-13,15H,3-10H2,1-2H3. The molecule has 3 unspecified atom stereocenters. The molecule has 3 atom stereocenters. The van der Waals surface area contributed by atoms with Crippen molar-refractivity contribution in [1.29, 1.82) is 0 Å². The molecule has 18 heavy (non-hydrogen) atoms. The SMILES string of the molecule is COC1CCCN(C(=O)CC2NCCCC2C)C1. The fraction of sp³-hybridized carbons (Fsp3) is 0.929. The minimum Gasteiger partial charge on any atom is -0.380 e. The molecular weight excluding hydrogens is 228 g/mol. The first-order chi connectivity index (χ1) is 8.70. The summed E-state index contributed by atoms with van der Waals surface area (Å²) in [7, 11) is 1.74. The third kappa shape index (κ3) is 3.45. The summed E-state index contributed by atoms with van der Waals surface area (Å²) in [4.78, 5) is 14.3. The minimum absolute atomic E-state index is 0.236. The molecule has 0 aromatic rings. The molecule has 2 saturated heterocycles. The number of nitrogens with zero attached hydrogens (tertiary/aromatic N) is 1. The van der Waals surface area contributed by atoms with Crippen LogP contribution in [-0.2, 0) is 9.53 Å². The maximum atomic E-state index is 12.3. The Balaban J connectivity index is 1.83. The summed E-state index contributed by atoms with van der Waals surface area (Å²) in [6.45, 7) is 4.98. The van der Waals surface area contributed by atoms with Gasteiger partial charge in [0.2, 0.25) is 5.91 Å². The molecule has 1 N–H and O–H groups in total. The largest absolute Gasteiger partial charge is 0.380 e. The van der Waals surface area contributed by atoms with E-state index in [1.165, 1.54) is 12.8 Å². The van der Waals surface area contributed by atoms with Crippen molar-refractivity contribution >= 4 is 5.91 Å². The summed E-state index contributed by atoms with van der Waals surface area (Å²) in [5.41, 5.74) is 0. The predicted octanol–water partition coefficient (Wildman–Crippen LogP) is 1.40. The molecule has 0 saturated carbocycles. The topological polar surface area (TPSA) is 41.6 Å². The van der Waals surface area contributed by atoms with E-state index in [9.17, 15) is 4.79 Å². The first kappa shape index (κ1) is 13.8. The summed E-state index contributed by atoms with van der Waals surface area (Å²) in [5.74, 6) is 0.911. The van der Waals surface area contributed by atoms with Gasteiger partial charge in [-0.1, -0.05) is 6.92 Å². The lowest BCUT2D eigenvalue weighted by molar-refractivity contribution is -0.135. The Morgan fingerprint density at radius 1 is 1.39 bits per heavy atom. The first-order valence-corrected chi connectivity index (χ1v) is 7.24. The number of amides is 1. The summed E-state index contributed by atoms with van der Waals surface area (Å²) in [6.07, 6.45) is 5.51. The van der Waals surface area contributed by atoms with Crippen LogP contribution in [0.1, 0.15) is 39.0 Å². The van der Waals surface area contributed by atoms with Crippen LogP contribution in [0.4, 0.5) is 0 Å². The third-order valence-electron chi connectivity index (χ3n) is 4.39. The number of carbonyl (C=O) groups is 1. The monoisotopic (exact) mass is 254 g/mol. The highest BCUT2D eigenvalue weighted by Crippen LogP contribution is 2.20. The average Bonchev–Trinajstić information content (AvgIpc) is 2.41. The molecule has 2 rings (SSSR count). The van der Waals surface area contributed by atoms with Gasteiger partial charge in [-0.25, -0.2) is 0 Å². The molecule has 4 heteroatoms. The molecular formula is C14H26N2O2. The van der Waals surface area contributed by atoms with Crippen molar-refractivity contribution < 1.29 is 9.53 Å². The molecule has 2 fully saturated rings. The zero-order valence-electron chi connectivity index (χ0n) is 11.7. The average molecular weight is 254 g/mol. The highest BCUT2D eigenvalue weighted by atomic mass is 16.5. The van der Waals surface area contributed by atoms with Crippen LogP contribution in [0.2, 0.25) is 0 Å². The van der Waals surface area contributed by atoms with E-state index in [2.05, 4.69) is 12.2 Å². The Morgan fingerprint density at radius 3 is 2.94 bits per heavy atom. The van der Waals surface area contributed by atoms with Crippen LogP contribution in [-0.4, -0.2) is 49.7 Å². The van der Waals surface area contributed by atoms with Crippen LogP contribution in [0.25, 0.3) is 0 Å². The van der Waals surface area contributed by atoms with Gasteiger partial charge in [-0.2, -0.15) is 0 Å². The fourth-order valence-corrected chi connectivity index (χ4v) is 3.06. The molecule has 1 amide bonds. The Hall–Kier alpha value is -0.610. The molecule has 4 nitrogen and oxygen atoms in total. The molecule has 0 radical (unpaired) electrons. The van der Waals surface area contributed by atoms with Gasteiger partial charge in [0.15, 0.2) is 0 Å². The second-order valence-corrected chi connectivity index (χ2v) is 5.72. The lowest BCUT2D eigenvalue weighted by Gasteiger charge is -2.35. The number of carbonyl (C=O) groups excluding carboxylic acids is 1.